The van der Waals surface area contributed by atoms with E-state index in [2.05, 4.69) is 27.8 Å². The summed E-state index contributed by atoms with van der Waals surface area (Å²) >= 11 is 0. The molecular weight excluding hydrogens is 224 g/mol. The van der Waals surface area contributed by atoms with Gasteiger partial charge in [-0.05, 0) is 30.9 Å². The van der Waals surface area contributed by atoms with Crippen LogP contribution in [-0.4, -0.2) is 14.8 Å². The summed E-state index contributed by atoms with van der Waals surface area (Å²) in [4.78, 5) is 0. The second-order valence-electron chi connectivity index (χ2n) is 5.21. The van der Waals surface area contributed by atoms with Gasteiger partial charge >= 0.3 is 0 Å². The minimum atomic E-state index is 0.705. The molecule has 1 unspecified atom stereocenters. The van der Waals surface area contributed by atoms with Crippen LogP contribution in [0.2, 0.25) is 0 Å². The zero-order chi connectivity index (χ0) is 12.7. The summed E-state index contributed by atoms with van der Waals surface area (Å²) < 4.78 is 2.24. The number of fused-ring (bicyclic) bond motifs is 1. The van der Waals surface area contributed by atoms with E-state index in [0.29, 0.717) is 5.92 Å². The predicted octanol–water partition coefficient (Wildman–Crippen LogP) is 2.42. The largest absolute Gasteiger partial charge is 0.398 e. The minimum Gasteiger partial charge on any atom is -0.398 e. The molecule has 2 aromatic rings. The van der Waals surface area contributed by atoms with Crippen molar-refractivity contribution in [1.82, 2.24) is 14.8 Å². The second-order valence-corrected chi connectivity index (χ2v) is 5.21. The lowest BCUT2D eigenvalue weighted by Gasteiger charge is -2.20. The minimum absolute atomic E-state index is 0.705. The van der Waals surface area contributed by atoms with Crippen LogP contribution in [0.25, 0.3) is 11.4 Å². The van der Waals surface area contributed by atoms with Crippen molar-refractivity contribution in [2.75, 3.05) is 5.73 Å². The predicted molar refractivity (Wildman–Crippen MR) is 72.1 cm³/mol. The molecule has 0 bridgehead atoms. The van der Waals surface area contributed by atoms with Gasteiger partial charge in [0, 0.05) is 24.2 Å². The Labute approximate surface area is 107 Å². The lowest BCUT2D eigenvalue weighted by Crippen LogP contribution is -2.18. The fourth-order valence-corrected chi connectivity index (χ4v) is 2.58. The van der Waals surface area contributed by atoms with Gasteiger partial charge in [-0.25, -0.2) is 0 Å². The molecule has 0 fully saturated rings. The van der Waals surface area contributed by atoms with Crippen LogP contribution >= 0.6 is 0 Å². The van der Waals surface area contributed by atoms with Gasteiger partial charge in [-0.1, -0.05) is 19.1 Å². The summed E-state index contributed by atoms with van der Waals surface area (Å²) in [5.41, 5.74) is 8.97. The number of anilines is 1. The summed E-state index contributed by atoms with van der Waals surface area (Å²) in [6, 6.07) is 5.97. The van der Waals surface area contributed by atoms with Gasteiger partial charge in [-0.2, -0.15) is 0 Å². The highest BCUT2D eigenvalue weighted by molar-refractivity contribution is 5.68. The van der Waals surface area contributed by atoms with E-state index in [4.69, 9.17) is 5.73 Å². The molecule has 4 nitrogen and oxygen atoms in total. The Bertz CT molecular complexity index is 585. The van der Waals surface area contributed by atoms with E-state index >= 15 is 0 Å². The van der Waals surface area contributed by atoms with Crippen LogP contribution in [0.15, 0.2) is 18.2 Å². The molecule has 18 heavy (non-hydrogen) atoms. The van der Waals surface area contributed by atoms with Gasteiger partial charge in [0.15, 0.2) is 5.82 Å². The molecule has 94 valence electrons. The smallest absolute Gasteiger partial charge is 0.164 e. The van der Waals surface area contributed by atoms with Crippen molar-refractivity contribution in [1.29, 1.82) is 0 Å². The highest BCUT2D eigenvalue weighted by Crippen LogP contribution is 2.29. The molecule has 0 saturated heterocycles. The number of hydrogen-bond acceptors (Lipinski definition) is 3. The first kappa shape index (κ1) is 11.3. The van der Waals surface area contributed by atoms with Crippen molar-refractivity contribution in [2.45, 2.75) is 33.2 Å². The molecule has 1 aliphatic rings. The van der Waals surface area contributed by atoms with E-state index in [1.165, 1.54) is 6.42 Å². The number of rotatable bonds is 1. The molecule has 2 N–H and O–H groups in total. The Morgan fingerprint density at radius 2 is 2.17 bits per heavy atom. The number of aromatic nitrogens is 3. The molecular formula is C14H18N4. The van der Waals surface area contributed by atoms with Gasteiger partial charge in [-0.3, -0.25) is 0 Å². The maximum atomic E-state index is 5.97. The Balaban J connectivity index is 2.11. The molecule has 1 atom stereocenters. The molecule has 3 rings (SSSR count). The van der Waals surface area contributed by atoms with Crippen molar-refractivity contribution >= 4 is 5.69 Å². The first-order chi connectivity index (χ1) is 8.66. The molecule has 2 heterocycles. The molecule has 0 saturated carbocycles. The molecule has 1 aromatic carbocycles. The van der Waals surface area contributed by atoms with E-state index in [9.17, 15) is 0 Å². The second kappa shape index (κ2) is 4.12. The third-order valence-electron chi connectivity index (χ3n) is 3.82. The first-order valence-corrected chi connectivity index (χ1v) is 6.44. The molecule has 4 heteroatoms. The highest BCUT2D eigenvalue weighted by atomic mass is 15.3. The average Bonchev–Trinajstić information content (AvgIpc) is 2.75. The Morgan fingerprint density at radius 3 is 3.00 bits per heavy atom. The third kappa shape index (κ3) is 1.68. The summed E-state index contributed by atoms with van der Waals surface area (Å²) in [5.74, 6) is 2.77. The first-order valence-electron chi connectivity index (χ1n) is 6.44. The summed E-state index contributed by atoms with van der Waals surface area (Å²) in [5, 5.41) is 8.69. The summed E-state index contributed by atoms with van der Waals surface area (Å²) in [6.45, 7) is 5.31. The third-order valence-corrected chi connectivity index (χ3v) is 3.82. The van der Waals surface area contributed by atoms with E-state index in [1.54, 1.807) is 0 Å². The van der Waals surface area contributed by atoms with Crippen molar-refractivity contribution in [3.8, 4) is 11.4 Å². The Kier molecular flexibility index (Phi) is 2.58. The fourth-order valence-electron chi connectivity index (χ4n) is 2.58. The summed E-state index contributed by atoms with van der Waals surface area (Å²) in [6.07, 6.45) is 2.22. The van der Waals surface area contributed by atoms with Gasteiger partial charge in [-0.15, -0.1) is 10.2 Å². The van der Waals surface area contributed by atoms with Crippen LogP contribution in [0.1, 0.15) is 24.7 Å². The van der Waals surface area contributed by atoms with Crippen LogP contribution in [0, 0.1) is 12.8 Å². The zero-order valence-electron chi connectivity index (χ0n) is 10.8. The number of nitrogen functional groups attached to an aromatic ring is 1. The zero-order valence-corrected chi connectivity index (χ0v) is 10.8. The van der Waals surface area contributed by atoms with Gasteiger partial charge in [0.1, 0.15) is 5.82 Å². The van der Waals surface area contributed by atoms with E-state index in [0.717, 1.165) is 41.4 Å². The maximum Gasteiger partial charge on any atom is 0.164 e. The van der Waals surface area contributed by atoms with Gasteiger partial charge in [0.05, 0.1) is 0 Å². The normalized spacial score (nSPS) is 18.7. The van der Waals surface area contributed by atoms with Crippen LogP contribution in [0.3, 0.4) is 0 Å². The lowest BCUT2D eigenvalue weighted by atomic mass is 9.99. The van der Waals surface area contributed by atoms with E-state index in [-0.39, 0.29) is 0 Å². The fraction of sp³-hybridized carbons (Fsp3) is 0.429. The SMILES string of the molecule is Cc1c(N)cccc1-c1nnc2n1CCC(C)C2. The van der Waals surface area contributed by atoms with Crippen LogP contribution in [0.4, 0.5) is 5.69 Å². The van der Waals surface area contributed by atoms with Crippen molar-refractivity contribution in [2.24, 2.45) is 5.92 Å². The lowest BCUT2D eigenvalue weighted by molar-refractivity contribution is 0.411. The number of hydrogen-bond donors (Lipinski definition) is 1. The molecule has 0 radical (unpaired) electrons. The maximum absolute atomic E-state index is 5.97. The van der Waals surface area contributed by atoms with Crippen molar-refractivity contribution in [3.63, 3.8) is 0 Å². The van der Waals surface area contributed by atoms with Gasteiger partial charge < -0.3 is 10.3 Å². The number of nitrogens with zero attached hydrogens (tertiary/aromatic N) is 3. The summed E-state index contributed by atoms with van der Waals surface area (Å²) in [7, 11) is 0. The topological polar surface area (TPSA) is 56.7 Å². The number of nitrogens with two attached hydrogens (primary N) is 1. The average molecular weight is 242 g/mol. The standard InChI is InChI=1S/C14H18N4/c1-9-6-7-18-13(8-9)16-17-14(18)11-4-3-5-12(15)10(11)2/h3-5,9H,6-8,15H2,1-2H3. The molecule has 1 aliphatic heterocycles. The monoisotopic (exact) mass is 242 g/mol. The highest BCUT2D eigenvalue weighted by Gasteiger charge is 2.21. The molecule has 0 aliphatic carbocycles. The van der Waals surface area contributed by atoms with Gasteiger partial charge in [0.2, 0.25) is 0 Å². The van der Waals surface area contributed by atoms with Gasteiger partial charge in [0.25, 0.3) is 0 Å². The molecule has 0 spiro atoms. The Hall–Kier alpha value is -1.84. The van der Waals surface area contributed by atoms with Crippen molar-refractivity contribution in [3.05, 3.63) is 29.6 Å². The van der Waals surface area contributed by atoms with Crippen LogP contribution < -0.4 is 5.73 Å². The quantitative estimate of drug-likeness (QED) is 0.781. The molecule has 1 aromatic heterocycles. The van der Waals surface area contributed by atoms with E-state index in [1.807, 2.05) is 19.1 Å². The van der Waals surface area contributed by atoms with Crippen LogP contribution in [0.5, 0.6) is 0 Å². The molecule has 0 amide bonds. The van der Waals surface area contributed by atoms with Crippen molar-refractivity contribution < 1.29 is 0 Å². The van der Waals surface area contributed by atoms with E-state index < -0.39 is 0 Å². The van der Waals surface area contributed by atoms with Crippen LogP contribution in [-0.2, 0) is 13.0 Å². The Morgan fingerprint density at radius 1 is 1.33 bits per heavy atom. The number of benzene rings is 1.